The molecule has 5 heteroatoms. The molecule has 3 saturated heterocycles. The highest BCUT2D eigenvalue weighted by molar-refractivity contribution is 5.89. The van der Waals surface area contributed by atoms with Gasteiger partial charge in [0.05, 0.1) is 5.92 Å². The van der Waals surface area contributed by atoms with E-state index in [9.17, 15) is 9.59 Å². The topological polar surface area (TPSA) is 61.4 Å². The summed E-state index contributed by atoms with van der Waals surface area (Å²) in [5, 5.41) is 5.90. The second-order valence-corrected chi connectivity index (χ2v) is 6.29. The zero-order valence-corrected chi connectivity index (χ0v) is 11.5. The van der Waals surface area contributed by atoms with E-state index in [1.54, 1.807) is 0 Å². The molecule has 0 aromatic rings. The molecule has 2 amide bonds. The summed E-state index contributed by atoms with van der Waals surface area (Å²) in [5.41, 5.74) is 0. The van der Waals surface area contributed by atoms with Crippen molar-refractivity contribution in [1.29, 1.82) is 0 Å². The Balaban J connectivity index is 1.56. The van der Waals surface area contributed by atoms with E-state index in [0.717, 1.165) is 12.8 Å². The average Bonchev–Trinajstić information content (AvgIpc) is 2.77. The third-order valence-electron chi connectivity index (χ3n) is 5.03. The largest absolute Gasteiger partial charge is 0.355 e. The van der Waals surface area contributed by atoms with Crippen LogP contribution in [0.3, 0.4) is 0 Å². The van der Waals surface area contributed by atoms with Crippen LogP contribution in [-0.4, -0.2) is 48.4 Å². The Bertz CT molecular complexity index is 371. The number of piperidine rings is 2. The molecule has 0 saturated carbocycles. The molecule has 2 bridgehead atoms. The van der Waals surface area contributed by atoms with Gasteiger partial charge in [0.1, 0.15) is 0 Å². The van der Waals surface area contributed by atoms with Crippen molar-refractivity contribution < 1.29 is 9.59 Å². The minimum absolute atomic E-state index is 0.000368. The second kappa shape index (κ2) is 5.12. The molecular weight excluding hydrogens is 242 g/mol. The number of carbonyl (C=O) groups excluding carboxylic acids is 2. The van der Waals surface area contributed by atoms with Crippen LogP contribution in [0.2, 0.25) is 0 Å². The highest BCUT2D eigenvalue weighted by Crippen LogP contribution is 2.32. The fourth-order valence-corrected chi connectivity index (χ4v) is 3.84. The Hall–Kier alpha value is -1.10. The van der Waals surface area contributed by atoms with Crippen LogP contribution < -0.4 is 10.6 Å². The fraction of sp³-hybridized carbons (Fsp3) is 0.857. The van der Waals surface area contributed by atoms with Crippen LogP contribution >= 0.6 is 0 Å². The lowest BCUT2D eigenvalue weighted by molar-refractivity contribution is -0.127. The molecule has 3 fully saturated rings. The molecule has 5 nitrogen and oxygen atoms in total. The molecule has 0 spiro atoms. The van der Waals surface area contributed by atoms with Crippen molar-refractivity contribution in [3.05, 3.63) is 0 Å². The van der Waals surface area contributed by atoms with Crippen LogP contribution in [0.5, 0.6) is 0 Å². The smallest absolute Gasteiger partial charge is 0.225 e. The first kappa shape index (κ1) is 12.9. The molecule has 106 valence electrons. The predicted octanol–water partition coefficient (Wildman–Crippen LogP) is 0.254. The SMILES string of the molecule is CN1C2CCCC1CC(NC(=O)C1CNC(=O)C1)C2. The first-order valence-corrected chi connectivity index (χ1v) is 7.42. The number of nitrogens with one attached hydrogen (secondary N) is 2. The summed E-state index contributed by atoms with van der Waals surface area (Å²) in [6.07, 6.45) is 6.30. The summed E-state index contributed by atoms with van der Waals surface area (Å²) in [6.45, 7) is 0.504. The fourth-order valence-electron chi connectivity index (χ4n) is 3.84. The van der Waals surface area contributed by atoms with Crippen LogP contribution in [-0.2, 0) is 9.59 Å². The summed E-state index contributed by atoms with van der Waals surface area (Å²) < 4.78 is 0. The van der Waals surface area contributed by atoms with Gasteiger partial charge in [-0.25, -0.2) is 0 Å². The minimum Gasteiger partial charge on any atom is -0.355 e. The number of nitrogens with zero attached hydrogens (tertiary/aromatic N) is 1. The summed E-state index contributed by atoms with van der Waals surface area (Å²) in [6, 6.07) is 1.55. The van der Waals surface area contributed by atoms with E-state index in [-0.39, 0.29) is 17.7 Å². The molecule has 0 radical (unpaired) electrons. The first-order chi connectivity index (χ1) is 9.13. The Labute approximate surface area is 114 Å². The van der Waals surface area contributed by atoms with Crippen molar-refractivity contribution in [1.82, 2.24) is 15.5 Å². The Morgan fingerprint density at radius 2 is 2.00 bits per heavy atom. The highest BCUT2D eigenvalue weighted by atomic mass is 16.2. The summed E-state index contributed by atoms with van der Waals surface area (Å²) in [5.74, 6) is -0.0987. The van der Waals surface area contributed by atoms with Gasteiger partial charge in [-0.3, -0.25) is 9.59 Å². The van der Waals surface area contributed by atoms with Crippen molar-refractivity contribution >= 4 is 11.8 Å². The van der Waals surface area contributed by atoms with Gasteiger partial charge in [0.25, 0.3) is 0 Å². The molecule has 3 aliphatic rings. The maximum atomic E-state index is 12.1. The van der Waals surface area contributed by atoms with Crippen molar-refractivity contribution in [2.45, 2.75) is 56.7 Å². The lowest BCUT2D eigenvalue weighted by atomic mass is 9.82. The van der Waals surface area contributed by atoms with Gasteiger partial charge in [-0.05, 0) is 32.7 Å². The van der Waals surface area contributed by atoms with Crippen LogP contribution in [0, 0.1) is 5.92 Å². The zero-order chi connectivity index (χ0) is 13.4. The number of hydrogen-bond donors (Lipinski definition) is 2. The zero-order valence-electron chi connectivity index (χ0n) is 11.5. The molecule has 0 aromatic carbocycles. The number of fused-ring (bicyclic) bond motifs is 2. The molecule has 3 unspecified atom stereocenters. The van der Waals surface area contributed by atoms with E-state index < -0.39 is 0 Å². The predicted molar refractivity (Wildman–Crippen MR) is 71.5 cm³/mol. The van der Waals surface area contributed by atoms with E-state index in [1.165, 1.54) is 19.3 Å². The van der Waals surface area contributed by atoms with Gasteiger partial charge in [-0.1, -0.05) is 6.42 Å². The number of rotatable bonds is 2. The molecule has 3 heterocycles. The van der Waals surface area contributed by atoms with Crippen molar-refractivity contribution in [2.24, 2.45) is 5.92 Å². The van der Waals surface area contributed by atoms with Crippen molar-refractivity contribution in [3.8, 4) is 0 Å². The molecular formula is C14H23N3O2. The minimum atomic E-state index is -0.160. The van der Waals surface area contributed by atoms with Gasteiger partial charge in [0.15, 0.2) is 0 Å². The summed E-state index contributed by atoms with van der Waals surface area (Å²) in [7, 11) is 2.21. The van der Waals surface area contributed by atoms with Gasteiger partial charge in [0.2, 0.25) is 11.8 Å². The van der Waals surface area contributed by atoms with Gasteiger partial charge in [0, 0.05) is 31.1 Å². The normalized spacial score (nSPS) is 38.9. The Morgan fingerprint density at radius 3 is 2.58 bits per heavy atom. The average molecular weight is 265 g/mol. The quantitative estimate of drug-likeness (QED) is 0.752. The van der Waals surface area contributed by atoms with Crippen LogP contribution in [0.1, 0.15) is 38.5 Å². The lowest BCUT2D eigenvalue weighted by Gasteiger charge is -2.47. The van der Waals surface area contributed by atoms with E-state index >= 15 is 0 Å². The van der Waals surface area contributed by atoms with Crippen LogP contribution in [0.25, 0.3) is 0 Å². The van der Waals surface area contributed by atoms with Crippen LogP contribution in [0.4, 0.5) is 0 Å². The molecule has 3 rings (SSSR count). The Morgan fingerprint density at radius 1 is 1.32 bits per heavy atom. The van der Waals surface area contributed by atoms with Gasteiger partial charge < -0.3 is 15.5 Å². The van der Waals surface area contributed by atoms with Crippen molar-refractivity contribution in [3.63, 3.8) is 0 Å². The first-order valence-electron chi connectivity index (χ1n) is 7.42. The van der Waals surface area contributed by atoms with Gasteiger partial charge in [-0.15, -0.1) is 0 Å². The lowest BCUT2D eigenvalue weighted by Crippen LogP contribution is -2.55. The number of carbonyl (C=O) groups is 2. The molecule has 2 N–H and O–H groups in total. The molecule has 3 aliphatic heterocycles. The standard InChI is InChI=1S/C14H23N3O2/c1-17-11-3-2-4-12(17)7-10(6-11)16-14(19)9-5-13(18)15-8-9/h9-12H,2-8H2,1H3,(H,15,18)(H,16,19). The van der Waals surface area contributed by atoms with Gasteiger partial charge >= 0.3 is 0 Å². The molecule has 3 atom stereocenters. The van der Waals surface area contributed by atoms with E-state index in [4.69, 9.17) is 0 Å². The van der Waals surface area contributed by atoms with E-state index in [0.29, 0.717) is 31.1 Å². The highest BCUT2D eigenvalue weighted by Gasteiger charge is 2.37. The molecule has 0 aliphatic carbocycles. The maximum absolute atomic E-state index is 12.1. The Kier molecular flexibility index (Phi) is 3.48. The molecule has 19 heavy (non-hydrogen) atoms. The number of amides is 2. The third kappa shape index (κ3) is 2.61. The van der Waals surface area contributed by atoms with Gasteiger partial charge in [-0.2, -0.15) is 0 Å². The molecule has 0 aromatic heterocycles. The monoisotopic (exact) mass is 265 g/mol. The number of hydrogen-bond acceptors (Lipinski definition) is 3. The third-order valence-corrected chi connectivity index (χ3v) is 5.03. The summed E-state index contributed by atoms with van der Waals surface area (Å²) >= 11 is 0. The van der Waals surface area contributed by atoms with Crippen molar-refractivity contribution in [2.75, 3.05) is 13.6 Å². The maximum Gasteiger partial charge on any atom is 0.225 e. The van der Waals surface area contributed by atoms with E-state index in [2.05, 4.69) is 22.6 Å². The van der Waals surface area contributed by atoms with Crippen LogP contribution in [0.15, 0.2) is 0 Å². The summed E-state index contributed by atoms with van der Waals surface area (Å²) in [4.78, 5) is 25.8. The second-order valence-electron chi connectivity index (χ2n) is 6.29. The van der Waals surface area contributed by atoms with E-state index in [1.807, 2.05) is 0 Å².